The topological polar surface area (TPSA) is 33.7 Å². The molecule has 4 nitrogen and oxygen atoms in total. The smallest absolute Gasteiger partial charge is 0.0589 e. The van der Waals surface area contributed by atoms with E-state index in [1.807, 2.05) is 6.92 Å². The van der Waals surface area contributed by atoms with Gasteiger partial charge in [-0.3, -0.25) is 4.90 Å². The highest BCUT2D eigenvalue weighted by Gasteiger charge is 2.10. The summed E-state index contributed by atoms with van der Waals surface area (Å²) in [5, 5.41) is 3.51. The van der Waals surface area contributed by atoms with E-state index in [1.54, 1.807) is 7.11 Å². The predicted molar refractivity (Wildman–Crippen MR) is 81.8 cm³/mol. The number of hydrogen-bond acceptors (Lipinski definition) is 4. The Morgan fingerprint density at radius 2 is 1.84 bits per heavy atom. The summed E-state index contributed by atoms with van der Waals surface area (Å²) in [6, 6.07) is 0.634. The standard InChI is InChI=1S/C15H34N2O2/c1-5-15(3)17(12-14-18-4)11-10-16-9-7-8-13-19-6-2/h15-16H,5-14H2,1-4H3. The van der Waals surface area contributed by atoms with Crippen LogP contribution in [0.3, 0.4) is 0 Å². The fraction of sp³-hybridized carbons (Fsp3) is 1.00. The van der Waals surface area contributed by atoms with Gasteiger partial charge in [0.25, 0.3) is 0 Å². The Bertz CT molecular complexity index is 180. The van der Waals surface area contributed by atoms with Crippen LogP contribution in [-0.2, 0) is 9.47 Å². The van der Waals surface area contributed by atoms with Gasteiger partial charge in [0.1, 0.15) is 0 Å². The second kappa shape index (κ2) is 14.3. The van der Waals surface area contributed by atoms with Crippen molar-refractivity contribution in [1.82, 2.24) is 10.2 Å². The SMILES string of the molecule is CCOCCCCNCCN(CCOC)C(C)CC. The molecule has 0 saturated heterocycles. The van der Waals surface area contributed by atoms with Gasteiger partial charge in [0, 0.05) is 46.0 Å². The van der Waals surface area contributed by atoms with Crippen LogP contribution in [0.4, 0.5) is 0 Å². The van der Waals surface area contributed by atoms with E-state index in [1.165, 1.54) is 12.8 Å². The Kier molecular flexibility index (Phi) is 14.1. The molecule has 19 heavy (non-hydrogen) atoms. The van der Waals surface area contributed by atoms with Crippen molar-refractivity contribution in [2.24, 2.45) is 0 Å². The van der Waals surface area contributed by atoms with Crippen molar-refractivity contribution >= 4 is 0 Å². The lowest BCUT2D eigenvalue weighted by Crippen LogP contribution is -2.40. The molecular formula is C15H34N2O2. The van der Waals surface area contributed by atoms with Crippen molar-refractivity contribution < 1.29 is 9.47 Å². The van der Waals surface area contributed by atoms with Crippen LogP contribution in [0.1, 0.15) is 40.0 Å². The van der Waals surface area contributed by atoms with E-state index in [0.717, 1.165) is 52.4 Å². The molecule has 0 heterocycles. The van der Waals surface area contributed by atoms with Crippen molar-refractivity contribution in [1.29, 1.82) is 0 Å². The maximum absolute atomic E-state index is 5.32. The molecule has 0 saturated carbocycles. The van der Waals surface area contributed by atoms with Gasteiger partial charge in [-0.1, -0.05) is 6.92 Å². The highest BCUT2D eigenvalue weighted by atomic mass is 16.5. The minimum atomic E-state index is 0.634. The lowest BCUT2D eigenvalue weighted by atomic mass is 10.2. The maximum atomic E-state index is 5.32. The third-order valence-corrected chi connectivity index (χ3v) is 3.47. The molecule has 0 aliphatic carbocycles. The summed E-state index contributed by atoms with van der Waals surface area (Å²) in [6.07, 6.45) is 3.54. The monoisotopic (exact) mass is 274 g/mol. The normalized spacial score (nSPS) is 13.1. The summed E-state index contributed by atoms with van der Waals surface area (Å²) < 4.78 is 10.5. The summed E-state index contributed by atoms with van der Waals surface area (Å²) in [5.41, 5.74) is 0. The quantitative estimate of drug-likeness (QED) is 0.492. The van der Waals surface area contributed by atoms with E-state index in [0.29, 0.717) is 6.04 Å². The van der Waals surface area contributed by atoms with Gasteiger partial charge in [-0.25, -0.2) is 0 Å². The molecule has 0 rings (SSSR count). The first-order valence-electron chi connectivity index (χ1n) is 7.77. The van der Waals surface area contributed by atoms with Crippen molar-refractivity contribution in [2.75, 3.05) is 53.1 Å². The predicted octanol–water partition coefficient (Wildman–Crippen LogP) is 2.14. The van der Waals surface area contributed by atoms with Gasteiger partial charge in [0.2, 0.25) is 0 Å². The van der Waals surface area contributed by atoms with Gasteiger partial charge in [-0.05, 0) is 39.7 Å². The van der Waals surface area contributed by atoms with Gasteiger partial charge in [-0.15, -0.1) is 0 Å². The Labute approximate surface area is 119 Å². The molecule has 4 heteroatoms. The van der Waals surface area contributed by atoms with Gasteiger partial charge in [-0.2, -0.15) is 0 Å². The second-order valence-corrected chi connectivity index (χ2v) is 4.94. The van der Waals surface area contributed by atoms with Crippen LogP contribution in [0.15, 0.2) is 0 Å². The molecule has 0 aromatic heterocycles. The summed E-state index contributed by atoms with van der Waals surface area (Å²) in [6.45, 7) is 13.4. The molecule has 0 aliphatic heterocycles. The van der Waals surface area contributed by atoms with Gasteiger partial charge >= 0.3 is 0 Å². The molecule has 0 aromatic carbocycles. The van der Waals surface area contributed by atoms with Crippen LogP contribution >= 0.6 is 0 Å². The molecule has 116 valence electrons. The van der Waals surface area contributed by atoms with E-state index < -0.39 is 0 Å². The summed E-state index contributed by atoms with van der Waals surface area (Å²) >= 11 is 0. The van der Waals surface area contributed by atoms with Crippen LogP contribution in [0.5, 0.6) is 0 Å². The third-order valence-electron chi connectivity index (χ3n) is 3.47. The molecule has 0 aliphatic rings. The summed E-state index contributed by atoms with van der Waals surface area (Å²) in [4.78, 5) is 2.50. The van der Waals surface area contributed by atoms with Crippen molar-refractivity contribution in [3.63, 3.8) is 0 Å². The molecule has 0 aromatic rings. The van der Waals surface area contributed by atoms with Crippen molar-refractivity contribution in [3.05, 3.63) is 0 Å². The van der Waals surface area contributed by atoms with Crippen LogP contribution < -0.4 is 5.32 Å². The van der Waals surface area contributed by atoms with E-state index in [-0.39, 0.29) is 0 Å². The molecule has 0 amide bonds. The highest BCUT2D eigenvalue weighted by molar-refractivity contribution is 4.67. The van der Waals surface area contributed by atoms with E-state index >= 15 is 0 Å². The number of ether oxygens (including phenoxy) is 2. The van der Waals surface area contributed by atoms with E-state index in [9.17, 15) is 0 Å². The number of nitrogens with one attached hydrogen (secondary N) is 1. The molecule has 1 unspecified atom stereocenters. The van der Waals surface area contributed by atoms with Crippen molar-refractivity contribution in [3.8, 4) is 0 Å². The average Bonchev–Trinajstić information content (AvgIpc) is 2.44. The highest BCUT2D eigenvalue weighted by Crippen LogP contribution is 2.02. The first-order valence-corrected chi connectivity index (χ1v) is 7.77. The largest absolute Gasteiger partial charge is 0.383 e. The molecular weight excluding hydrogens is 240 g/mol. The van der Waals surface area contributed by atoms with Gasteiger partial charge in [0.05, 0.1) is 6.61 Å². The van der Waals surface area contributed by atoms with Crippen molar-refractivity contribution in [2.45, 2.75) is 46.1 Å². The third kappa shape index (κ3) is 11.4. The minimum Gasteiger partial charge on any atom is -0.383 e. The Morgan fingerprint density at radius 1 is 1.05 bits per heavy atom. The van der Waals surface area contributed by atoms with Gasteiger partial charge in [0.15, 0.2) is 0 Å². The molecule has 0 spiro atoms. The van der Waals surface area contributed by atoms with Crippen LogP contribution in [0.2, 0.25) is 0 Å². The molecule has 1 N–H and O–H groups in total. The van der Waals surface area contributed by atoms with Crippen LogP contribution in [-0.4, -0.2) is 64.1 Å². The Hall–Kier alpha value is -0.160. The molecule has 0 bridgehead atoms. The first kappa shape index (κ1) is 18.8. The number of hydrogen-bond donors (Lipinski definition) is 1. The fourth-order valence-electron chi connectivity index (χ4n) is 1.97. The van der Waals surface area contributed by atoms with Crippen LogP contribution in [0, 0.1) is 0 Å². The first-order chi connectivity index (χ1) is 9.26. The number of rotatable bonds is 14. The minimum absolute atomic E-state index is 0.634. The van der Waals surface area contributed by atoms with Crippen LogP contribution in [0.25, 0.3) is 0 Å². The number of unbranched alkanes of at least 4 members (excludes halogenated alkanes) is 1. The van der Waals surface area contributed by atoms with E-state index in [2.05, 4.69) is 24.1 Å². The lowest BCUT2D eigenvalue weighted by Gasteiger charge is -2.28. The molecule has 0 fully saturated rings. The Morgan fingerprint density at radius 3 is 2.47 bits per heavy atom. The summed E-state index contributed by atoms with van der Waals surface area (Å²) in [7, 11) is 1.77. The zero-order chi connectivity index (χ0) is 14.3. The zero-order valence-corrected chi connectivity index (χ0v) is 13.4. The zero-order valence-electron chi connectivity index (χ0n) is 13.4. The number of methoxy groups -OCH3 is 1. The number of nitrogens with zero attached hydrogens (tertiary/aromatic N) is 1. The Balaban J connectivity index is 3.52. The van der Waals surface area contributed by atoms with Gasteiger partial charge < -0.3 is 14.8 Å². The maximum Gasteiger partial charge on any atom is 0.0589 e. The van der Waals surface area contributed by atoms with E-state index in [4.69, 9.17) is 9.47 Å². The summed E-state index contributed by atoms with van der Waals surface area (Å²) in [5.74, 6) is 0. The second-order valence-electron chi connectivity index (χ2n) is 4.94. The lowest BCUT2D eigenvalue weighted by molar-refractivity contribution is 0.123. The fourth-order valence-corrected chi connectivity index (χ4v) is 1.97. The molecule has 0 radical (unpaired) electrons. The average molecular weight is 274 g/mol. The molecule has 1 atom stereocenters.